The first-order valence-corrected chi connectivity index (χ1v) is 7.10. The monoisotopic (exact) mass is 288 g/mol. The summed E-state index contributed by atoms with van der Waals surface area (Å²) >= 11 is 0. The van der Waals surface area contributed by atoms with Crippen LogP contribution >= 0.6 is 0 Å². The summed E-state index contributed by atoms with van der Waals surface area (Å²) in [6.07, 6.45) is 0. The van der Waals surface area contributed by atoms with Gasteiger partial charge in [-0.1, -0.05) is 48.5 Å². The van der Waals surface area contributed by atoms with Crippen LogP contribution in [0.2, 0.25) is 0 Å². The van der Waals surface area contributed by atoms with Gasteiger partial charge in [-0.25, -0.2) is 4.98 Å². The van der Waals surface area contributed by atoms with Gasteiger partial charge in [0.05, 0.1) is 11.2 Å². The third-order valence-electron chi connectivity index (χ3n) is 3.69. The molecule has 4 nitrogen and oxygen atoms in total. The standard InChI is InChI=1S/C18H16N4/c1-12(13-7-3-2-4-8-13)21-17-14-9-5-6-10-16(14)22-18(20)15(17)11-19/h2-10,12H,1H3,(H3,20,21,22)/t12-/m0/s1. The van der Waals surface area contributed by atoms with Crippen molar-refractivity contribution < 1.29 is 0 Å². The average molecular weight is 288 g/mol. The Morgan fingerprint density at radius 2 is 1.77 bits per heavy atom. The number of rotatable bonds is 3. The second kappa shape index (κ2) is 5.74. The van der Waals surface area contributed by atoms with Crippen LogP contribution in [-0.4, -0.2) is 4.98 Å². The number of para-hydroxylation sites is 1. The number of nitrogens with two attached hydrogens (primary N) is 1. The van der Waals surface area contributed by atoms with Gasteiger partial charge in [-0.15, -0.1) is 0 Å². The molecule has 3 aromatic rings. The molecule has 0 aliphatic carbocycles. The van der Waals surface area contributed by atoms with Gasteiger partial charge < -0.3 is 11.1 Å². The molecule has 3 rings (SSSR count). The van der Waals surface area contributed by atoms with E-state index in [4.69, 9.17) is 5.73 Å². The van der Waals surface area contributed by atoms with Crippen molar-refractivity contribution in [3.63, 3.8) is 0 Å². The largest absolute Gasteiger partial charge is 0.383 e. The predicted molar refractivity (Wildman–Crippen MR) is 89.4 cm³/mol. The van der Waals surface area contributed by atoms with E-state index in [9.17, 15) is 5.26 Å². The lowest BCUT2D eigenvalue weighted by Crippen LogP contribution is -2.10. The maximum atomic E-state index is 9.43. The number of nitriles is 1. The Bertz CT molecular complexity index is 850. The Morgan fingerprint density at radius 1 is 1.09 bits per heavy atom. The van der Waals surface area contributed by atoms with Gasteiger partial charge in [0.1, 0.15) is 17.5 Å². The summed E-state index contributed by atoms with van der Waals surface area (Å²) in [6, 6.07) is 20.0. The third kappa shape index (κ3) is 2.45. The van der Waals surface area contributed by atoms with Gasteiger partial charge in [-0.3, -0.25) is 0 Å². The summed E-state index contributed by atoms with van der Waals surface area (Å²) in [5.74, 6) is 0.254. The molecule has 1 heterocycles. The average Bonchev–Trinajstić information content (AvgIpc) is 2.55. The summed E-state index contributed by atoms with van der Waals surface area (Å²) < 4.78 is 0. The lowest BCUT2D eigenvalue weighted by Gasteiger charge is -2.19. The second-order valence-corrected chi connectivity index (χ2v) is 5.15. The van der Waals surface area contributed by atoms with E-state index in [0.717, 1.165) is 22.2 Å². The molecule has 0 saturated carbocycles. The van der Waals surface area contributed by atoms with Crippen LogP contribution in [0, 0.1) is 11.3 Å². The van der Waals surface area contributed by atoms with Crippen LogP contribution in [0.3, 0.4) is 0 Å². The fraction of sp³-hybridized carbons (Fsp3) is 0.111. The molecule has 108 valence electrons. The highest BCUT2D eigenvalue weighted by atomic mass is 14.9. The summed E-state index contributed by atoms with van der Waals surface area (Å²) in [6.45, 7) is 2.06. The molecule has 22 heavy (non-hydrogen) atoms. The van der Waals surface area contributed by atoms with E-state index in [-0.39, 0.29) is 11.9 Å². The third-order valence-corrected chi connectivity index (χ3v) is 3.69. The Morgan fingerprint density at radius 3 is 2.50 bits per heavy atom. The molecule has 0 unspecified atom stereocenters. The Labute approximate surface area is 129 Å². The molecule has 0 amide bonds. The zero-order chi connectivity index (χ0) is 15.5. The van der Waals surface area contributed by atoms with E-state index in [0.29, 0.717) is 5.56 Å². The minimum absolute atomic E-state index is 0.0542. The van der Waals surface area contributed by atoms with Crippen molar-refractivity contribution in [3.05, 3.63) is 65.7 Å². The van der Waals surface area contributed by atoms with Crippen LogP contribution in [0.15, 0.2) is 54.6 Å². The van der Waals surface area contributed by atoms with Gasteiger partial charge in [-0.2, -0.15) is 5.26 Å². The molecular weight excluding hydrogens is 272 g/mol. The molecule has 1 atom stereocenters. The van der Waals surface area contributed by atoms with Crippen molar-refractivity contribution in [1.29, 1.82) is 5.26 Å². The molecule has 2 aromatic carbocycles. The van der Waals surface area contributed by atoms with Crippen LogP contribution in [0.5, 0.6) is 0 Å². The zero-order valence-corrected chi connectivity index (χ0v) is 12.2. The highest BCUT2D eigenvalue weighted by Gasteiger charge is 2.15. The minimum Gasteiger partial charge on any atom is -0.383 e. The van der Waals surface area contributed by atoms with Crippen molar-refractivity contribution in [2.24, 2.45) is 0 Å². The van der Waals surface area contributed by atoms with E-state index in [2.05, 4.69) is 35.4 Å². The van der Waals surface area contributed by atoms with Gasteiger partial charge in [0.2, 0.25) is 0 Å². The summed E-state index contributed by atoms with van der Waals surface area (Å²) in [5.41, 5.74) is 8.99. The number of hydrogen-bond donors (Lipinski definition) is 2. The second-order valence-electron chi connectivity index (χ2n) is 5.15. The molecular formula is C18H16N4. The van der Waals surface area contributed by atoms with Crippen molar-refractivity contribution >= 4 is 22.4 Å². The van der Waals surface area contributed by atoms with Crippen LogP contribution in [0.4, 0.5) is 11.5 Å². The number of nitrogen functional groups attached to an aromatic ring is 1. The number of nitrogens with zero attached hydrogens (tertiary/aromatic N) is 2. The highest BCUT2D eigenvalue weighted by molar-refractivity contribution is 5.96. The van der Waals surface area contributed by atoms with Crippen molar-refractivity contribution in [2.75, 3.05) is 11.1 Å². The molecule has 0 aliphatic heterocycles. The van der Waals surface area contributed by atoms with Gasteiger partial charge in [-0.05, 0) is 18.6 Å². The van der Waals surface area contributed by atoms with Crippen molar-refractivity contribution in [1.82, 2.24) is 4.98 Å². The van der Waals surface area contributed by atoms with E-state index < -0.39 is 0 Å². The highest BCUT2D eigenvalue weighted by Crippen LogP contribution is 2.32. The molecule has 0 aliphatic rings. The normalized spacial score (nSPS) is 11.8. The smallest absolute Gasteiger partial charge is 0.144 e. The fourth-order valence-electron chi connectivity index (χ4n) is 2.54. The van der Waals surface area contributed by atoms with Crippen molar-refractivity contribution in [2.45, 2.75) is 13.0 Å². The van der Waals surface area contributed by atoms with E-state index in [1.54, 1.807) is 0 Å². The zero-order valence-electron chi connectivity index (χ0n) is 12.2. The summed E-state index contributed by atoms with van der Waals surface area (Å²) in [7, 11) is 0. The van der Waals surface area contributed by atoms with Crippen LogP contribution in [0.25, 0.3) is 10.9 Å². The number of aromatic nitrogens is 1. The van der Waals surface area contributed by atoms with Gasteiger partial charge in [0.15, 0.2) is 0 Å². The van der Waals surface area contributed by atoms with Crippen LogP contribution in [-0.2, 0) is 0 Å². The lowest BCUT2D eigenvalue weighted by atomic mass is 10.0. The van der Waals surface area contributed by atoms with Crippen LogP contribution in [0.1, 0.15) is 24.1 Å². The van der Waals surface area contributed by atoms with Gasteiger partial charge in [0, 0.05) is 11.4 Å². The molecule has 0 bridgehead atoms. The lowest BCUT2D eigenvalue weighted by molar-refractivity contribution is 0.886. The molecule has 3 N–H and O–H groups in total. The molecule has 1 aromatic heterocycles. The Balaban J connectivity index is 2.11. The summed E-state index contributed by atoms with van der Waals surface area (Å²) in [4.78, 5) is 4.30. The number of benzene rings is 2. The quantitative estimate of drug-likeness (QED) is 0.767. The van der Waals surface area contributed by atoms with Crippen molar-refractivity contribution in [3.8, 4) is 6.07 Å². The molecule has 0 saturated heterocycles. The number of fused-ring (bicyclic) bond motifs is 1. The van der Waals surface area contributed by atoms with Gasteiger partial charge in [0.25, 0.3) is 0 Å². The Hall–Kier alpha value is -3.06. The fourth-order valence-corrected chi connectivity index (χ4v) is 2.54. The molecule has 0 fully saturated rings. The topological polar surface area (TPSA) is 74.7 Å². The number of anilines is 2. The number of hydrogen-bond acceptors (Lipinski definition) is 4. The van der Waals surface area contributed by atoms with E-state index in [1.807, 2.05) is 42.5 Å². The van der Waals surface area contributed by atoms with E-state index in [1.165, 1.54) is 0 Å². The first kappa shape index (κ1) is 13.9. The maximum absolute atomic E-state index is 9.43. The first-order valence-electron chi connectivity index (χ1n) is 7.10. The molecule has 0 spiro atoms. The van der Waals surface area contributed by atoms with E-state index >= 15 is 0 Å². The number of pyridine rings is 1. The predicted octanol–water partition coefficient (Wildman–Crippen LogP) is 3.86. The Kier molecular flexibility index (Phi) is 3.63. The summed E-state index contributed by atoms with van der Waals surface area (Å²) in [5, 5.41) is 13.8. The SMILES string of the molecule is C[C@H](Nc1c(C#N)c(N)nc2ccccc12)c1ccccc1. The first-order chi connectivity index (χ1) is 10.7. The maximum Gasteiger partial charge on any atom is 0.144 e. The van der Waals surface area contributed by atoms with Gasteiger partial charge >= 0.3 is 0 Å². The molecule has 0 radical (unpaired) electrons. The molecule has 4 heteroatoms. The minimum atomic E-state index is 0.0542. The number of nitrogens with one attached hydrogen (secondary N) is 1. The van der Waals surface area contributed by atoms with Crippen LogP contribution < -0.4 is 11.1 Å².